The summed E-state index contributed by atoms with van der Waals surface area (Å²) in [5.74, 6) is -0.213. The summed E-state index contributed by atoms with van der Waals surface area (Å²) >= 11 is 0. The van der Waals surface area contributed by atoms with Crippen molar-refractivity contribution in [3.05, 3.63) is 60.2 Å². The molecule has 23 heavy (non-hydrogen) atoms. The van der Waals surface area contributed by atoms with E-state index in [1.807, 2.05) is 42.5 Å². The second-order valence-corrected chi connectivity index (χ2v) is 5.33. The fourth-order valence-corrected chi connectivity index (χ4v) is 2.14. The molecule has 0 unspecified atom stereocenters. The van der Waals surface area contributed by atoms with Crippen LogP contribution in [0.25, 0.3) is 0 Å². The van der Waals surface area contributed by atoms with E-state index in [0.29, 0.717) is 12.2 Å². The molecule has 2 aromatic rings. The summed E-state index contributed by atoms with van der Waals surface area (Å²) in [6.45, 7) is 3.75. The van der Waals surface area contributed by atoms with E-state index in [4.69, 9.17) is 0 Å². The Labute approximate surface area is 136 Å². The fraction of sp³-hybridized carbons (Fsp3) is 0.222. The molecule has 3 N–H and O–H groups in total. The number of rotatable bonds is 6. The third kappa shape index (κ3) is 5.47. The van der Waals surface area contributed by atoms with Crippen molar-refractivity contribution in [3.8, 4) is 0 Å². The molecule has 0 aliphatic rings. The van der Waals surface area contributed by atoms with Crippen LogP contribution in [-0.4, -0.2) is 17.9 Å². The third-order valence-corrected chi connectivity index (χ3v) is 3.27. The zero-order valence-electron chi connectivity index (χ0n) is 13.3. The van der Waals surface area contributed by atoms with Crippen LogP contribution in [0.5, 0.6) is 0 Å². The third-order valence-electron chi connectivity index (χ3n) is 3.27. The summed E-state index contributed by atoms with van der Waals surface area (Å²) in [4.78, 5) is 23.2. The molecule has 0 saturated carbocycles. The van der Waals surface area contributed by atoms with Gasteiger partial charge in [0.1, 0.15) is 6.04 Å². The predicted molar refractivity (Wildman–Crippen MR) is 92.1 cm³/mol. The number of nitrogens with one attached hydrogen (secondary N) is 3. The number of anilines is 2. The second kappa shape index (κ2) is 7.98. The first-order valence-electron chi connectivity index (χ1n) is 7.50. The summed E-state index contributed by atoms with van der Waals surface area (Å²) in [6.07, 6.45) is 0. The summed E-state index contributed by atoms with van der Waals surface area (Å²) in [5, 5.41) is 8.74. The molecule has 0 aromatic heterocycles. The highest BCUT2D eigenvalue weighted by Crippen LogP contribution is 2.16. The smallest absolute Gasteiger partial charge is 0.242 e. The fourth-order valence-electron chi connectivity index (χ4n) is 2.14. The van der Waals surface area contributed by atoms with Gasteiger partial charge in [0.25, 0.3) is 0 Å². The molecular weight excluding hydrogens is 290 g/mol. The molecule has 0 aliphatic carbocycles. The highest BCUT2D eigenvalue weighted by molar-refractivity contribution is 5.89. The Balaban J connectivity index is 1.89. The minimum absolute atomic E-state index is 0.0845. The monoisotopic (exact) mass is 311 g/mol. The van der Waals surface area contributed by atoms with Crippen molar-refractivity contribution in [1.82, 2.24) is 5.32 Å². The average molecular weight is 311 g/mol. The molecule has 2 aromatic carbocycles. The van der Waals surface area contributed by atoms with Crippen LogP contribution in [-0.2, 0) is 16.1 Å². The topological polar surface area (TPSA) is 70.2 Å². The van der Waals surface area contributed by atoms with Crippen LogP contribution < -0.4 is 16.0 Å². The summed E-state index contributed by atoms with van der Waals surface area (Å²) in [7, 11) is 0. The van der Waals surface area contributed by atoms with Crippen LogP contribution in [0, 0.1) is 0 Å². The van der Waals surface area contributed by atoms with Gasteiger partial charge in [-0.15, -0.1) is 0 Å². The molecule has 2 rings (SSSR count). The molecule has 2 amide bonds. The van der Waals surface area contributed by atoms with Crippen LogP contribution in [0.1, 0.15) is 19.4 Å². The van der Waals surface area contributed by atoms with E-state index in [0.717, 1.165) is 11.3 Å². The first-order valence-corrected chi connectivity index (χ1v) is 7.50. The van der Waals surface area contributed by atoms with Crippen LogP contribution in [0.15, 0.2) is 54.6 Å². The van der Waals surface area contributed by atoms with Crippen molar-refractivity contribution in [2.24, 2.45) is 0 Å². The Hall–Kier alpha value is -2.82. The Bertz CT molecular complexity index is 671. The van der Waals surface area contributed by atoms with E-state index in [-0.39, 0.29) is 17.9 Å². The van der Waals surface area contributed by atoms with Gasteiger partial charge < -0.3 is 16.0 Å². The van der Waals surface area contributed by atoms with Gasteiger partial charge in [0.2, 0.25) is 11.8 Å². The van der Waals surface area contributed by atoms with Crippen molar-refractivity contribution >= 4 is 23.2 Å². The number of carbonyl (C=O) groups is 2. The van der Waals surface area contributed by atoms with Gasteiger partial charge in [-0.3, -0.25) is 9.59 Å². The maximum Gasteiger partial charge on any atom is 0.242 e. The number of benzene rings is 2. The normalized spacial score (nSPS) is 11.4. The van der Waals surface area contributed by atoms with E-state index in [9.17, 15) is 9.59 Å². The van der Waals surface area contributed by atoms with Crippen LogP contribution in [0.4, 0.5) is 11.4 Å². The SMILES string of the molecule is CC(=O)Nc1cccc(N[C@H](C)C(=O)NCc2ccccc2)c1. The molecule has 5 heteroatoms. The van der Waals surface area contributed by atoms with Crippen LogP contribution >= 0.6 is 0 Å². The summed E-state index contributed by atoms with van der Waals surface area (Å²) < 4.78 is 0. The molecule has 0 saturated heterocycles. The molecule has 0 radical (unpaired) electrons. The lowest BCUT2D eigenvalue weighted by molar-refractivity contribution is -0.121. The molecule has 0 heterocycles. The van der Waals surface area contributed by atoms with Gasteiger partial charge in [0.05, 0.1) is 0 Å². The van der Waals surface area contributed by atoms with Gasteiger partial charge >= 0.3 is 0 Å². The van der Waals surface area contributed by atoms with E-state index in [1.165, 1.54) is 6.92 Å². The molecule has 0 fully saturated rings. The number of carbonyl (C=O) groups excluding carboxylic acids is 2. The molecule has 1 atom stereocenters. The highest BCUT2D eigenvalue weighted by Gasteiger charge is 2.12. The molecule has 0 aliphatic heterocycles. The van der Waals surface area contributed by atoms with Gasteiger partial charge in [-0.2, -0.15) is 0 Å². The molecule has 0 spiro atoms. The largest absolute Gasteiger partial charge is 0.374 e. The van der Waals surface area contributed by atoms with Crippen LogP contribution in [0.3, 0.4) is 0 Å². The number of hydrogen-bond donors (Lipinski definition) is 3. The number of amides is 2. The van der Waals surface area contributed by atoms with Crippen molar-refractivity contribution in [2.45, 2.75) is 26.4 Å². The van der Waals surface area contributed by atoms with Gasteiger partial charge in [0.15, 0.2) is 0 Å². The first-order chi connectivity index (χ1) is 11.0. The maximum atomic E-state index is 12.1. The van der Waals surface area contributed by atoms with E-state index < -0.39 is 0 Å². The lowest BCUT2D eigenvalue weighted by atomic mass is 10.2. The lowest BCUT2D eigenvalue weighted by Gasteiger charge is -2.16. The zero-order chi connectivity index (χ0) is 16.7. The number of hydrogen-bond acceptors (Lipinski definition) is 3. The molecule has 120 valence electrons. The Morgan fingerprint density at radius 1 is 1.00 bits per heavy atom. The quantitative estimate of drug-likeness (QED) is 0.768. The minimum Gasteiger partial charge on any atom is -0.374 e. The minimum atomic E-state index is -0.383. The second-order valence-electron chi connectivity index (χ2n) is 5.33. The zero-order valence-corrected chi connectivity index (χ0v) is 13.3. The molecular formula is C18H21N3O2. The maximum absolute atomic E-state index is 12.1. The van der Waals surface area contributed by atoms with Crippen molar-refractivity contribution in [3.63, 3.8) is 0 Å². The van der Waals surface area contributed by atoms with Gasteiger partial charge in [-0.05, 0) is 30.7 Å². The van der Waals surface area contributed by atoms with Gasteiger partial charge in [0, 0.05) is 24.8 Å². The Kier molecular flexibility index (Phi) is 5.74. The average Bonchev–Trinajstić information content (AvgIpc) is 2.53. The van der Waals surface area contributed by atoms with E-state index >= 15 is 0 Å². The molecule has 5 nitrogen and oxygen atoms in total. The first kappa shape index (κ1) is 16.5. The highest BCUT2D eigenvalue weighted by atomic mass is 16.2. The van der Waals surface area contributed by atoms with E-state index in [2.05, 4.69) is 16.0 Å². The van der Waals surface area contributed by atoms with Crippen molar-refractivity contribution in [2.75, 3.05) is 10.6 Å². The summed E-state index contributed by atoms with van der Waals surface area (Å²) in [6, 6.07) is 16.6. The lowest BCUT2D eigenvalue weighted by Crippen LogP contribution is -2.37. The Morgan fingerprint density at radius 2 is 1.70 bits per heavy atom. The Morgan fingerprint density at radius 3 is 2.39 bits per heavy atom. The van der Waals surface area contributed by atoms with Gasteiger partial charge in [-0.25, -0.2) is 0 Å². The predicted octanol–water partition coefficient (Wildman–Crippen LogP) is 2.76. The standard InChI is InChI=1S/C18H21N3O2/c1-13(18(23)19-12-15-7-4-3-5-8-15)20-16-9-6-10-17(11-16)21-14(2)22/h3-11,13,20H,12H2,1-2H3,(H,19,23)(H,21,22)/t13-/m1/s1. The van der Waals surface area contributed by atoms with Crippen LogP contribution in [0.2, 0.25) is 0 Å². The van der Waals surface area contributed by atoms with Crippen molar-refractivity contribution in [1.29, 1.82) is 0 Å². The van der Waals surface area contributed by atoms with Gasteiger partial charge in [-0.1, -0.05) is 36.4 Å². The summed E-state index contributed by atoms with van der Waals surface area (Å²) in [5.41, 5.74) is 2.53. The van der Waals surface area contributed by atoms with Crippen molar-refractivity contribution < 1.29 is 9.59 Å². The molecule has 0 bridgehead atoms. The van der Waals surface area contributed by atoms with E-state index in [1.54, 1.807) is 19.1 Å².